The van der Waals surface area contributed by atoms with Crippen molar-refractivity contribution in [3.8, 4) is 0 Å². The summed E-state index contributed by atoms with van der Waals surface area (Å²) in [7, 11) is 0. The number of hydrogen-bond donors (Lipinski definition) is 0. The van der Waals surface area contributed by atoms with Crippen LogP contribution in [-0.2, 0) is 20.9 Å². The number of para-hydroxylation sites is 1. The van der Waals surface area contributed by atoms with E-state index < -0.39 is 0 Å². The number of likely N-dealkylation sites (tertiary alicyclic amines) is 1. The summed E-state index contributed by atoms with van der Waals surface area (Å²) < 4.78 is 5.37. The maximum absolute atomic E-state index is 13.4. The van der Waals surface area contributed by atoms with E-state index in [1.807, 2.05) is 70.5 Å². The molecule has 2 amide bonds. The first kappa shape index (κ1) is 21.5. The standard InChI is InChI=1S/C25H31N3O3/c29-24(28(23-11-5-2-6-12-23)18-21-8-3-1-4-9-21)20-26-13-7-10-22(19-26)25(30)27-14-16-31-17-15-27/h1-6,8-9,11-12,22H,7,10,13-20H2. The largest absolute Gasteiger partial charge is 0.378 e. The van der Waals surface area contributed by atoms with Gasteiger partial charge in [0.1, 0.15) is 0 Å². The highest BCUT2D eigenvalue weighted by atomic mass is 16.5. The van der Waals surface area contributed by atoms with Crippen LogP contribution in [0.4, 0.5) is 5.69 Å². The molecule has 0 saturated carbocycles. The smallest absolute Gasteiger partial charge is 0.241 e. The molecule has 164 valence electrons. The molecule has 4 rings (SSSR count). The van der Waals surface area contributed by atoms with Gasteiger partial charge in [-0.1, -0.05) is 48.5 Å². The first-order valence-corrected chi connectivity index (χ1v) is 11.2. The average molecular weight is 422 g/mol. The minimum Gasteiger partial charge on any atom is -0.378 e. The van der Waals surface area contributed by atoms with Crippen LogP contribution in [0.25, 0.3) is 0 Å². The minimum absolute atomic E-state index is 0.0288. The van der Waals surface area contributed by atoms with Gasteiger partial charge in [-0.2, -0.15) is 0 Å². The van der Waals surface area contributed by atoms with Gasteiger partial charge >= 0.3 is 0 Å². The third-order valence-electron chi connectivity index (χ3n) is 6.09. The van der Waals surface area contributed by atoms with Crippen molar-refractivity contribution in [2.45, 2.75) is 19.4 Å². The van der Waals surface area contributed by atoms with Crippen molar-refractivity contribution in [2.75, 3.05) is 50.8 Å². The van der Waals surface area contributed by atoms with Gasteiger partial charge in [0, 0.05) is 25.3 Å². The lowest BCUT2D eigenvalue weighted by molar-refractivity contribution is -0.142. The molecule has 0 bridgehead atoms. The second-order valence-corrected chi connectivity index (χ2v) is 8.31. The summed E-state index contributed by atoms with van der Waals surface area (Å²) in [6, 6.07) is 19.9. The molecule has 2 saturated heterocycles. The number of hydrogen-bond acceptors (Lipinski definition) is 4. The molecule has 0 radical (unpaired) electrons. The quantitative estimate of drug-likeness (QED) is 0.720. The highest BCUT2D eigenvalue weighted by molar-refractivity contribution is 5.94. The highest BCUT2D eigenvalue weighted by Gasteiger charge is 2.31. The summed E-state index contributed by atoms with van der Waals surface area (Å²) in [5.41, 5.74) is 1.99. The average Bonchev–Trinajstić information content (AvgIpc) is 2.84. The van der Waals surface area contributed by atoms with Crippen LogP contribution in [-0.4, -0.2) is 67.6 Å². The van der Waals surface area contributed by atoms with Gasteiger partial charge in [0.05, 0.1) is 32.2 Å². The third-order valence-corrected chi connectivity index (χ3v) is 6.09. The highest BCUT2D eigenvalue weighted by Crippen LogP contribution is 2.22. The van der Waals surface area contributed by atoms with Crippen LogP contribution in [0.15, 0.2) is 60.7 Å². The Kier molecular flexibility index (Phi) is 7.33. The summed E-state index contributed by atoms with van der Waals surface area (Å²) in [5.74, 6) is 0.248. The van der Waals surface area contributed by atoms with Gasteiger partial charge in [-0.05, 0) is 37.1 Å². The Morgan fingerprint density at radius 3 is 2.32 bits per heavy atom. The number of anilines is 1. The Balaban J connectivity index is 1.42. The van der Waals surface area contributed by atoms with Gasteiger partial charge in [-0.3, -0.25) is 14.5 Å². The zero-order chi connectivity index (χ0) is 21.5. The predicted molar refractivity (Wildman–Crippen MR) is 121 cm³/mol. The van der Waals surface area contributed by atoms with Crippen LogP contribution in [0.5, 0.6) is 0 Å². The van der Waals surface area contributed by atoms with E-state index in [1.165, 1.54) is 0 Å². The fraction of sp³-hybridized carbons (Fsp3) is 0.440. The Morgan fingerprint density at radius 1 is 0.935 bits per heavy atom. The second-order valence-electron chi connectivity index (χ2n) is 8.31. The van der Waals surface area contributed by atoms with E-state index in [0.29, 0.717) is 45.9 Å². The molecule has 1 atom stereocenters. The maximum Gasteiger partial charge on any atom is 0.241 e. The van der Waals surface area contributed by atoms with E-state index in [9.17, 15) is 9.59 Å². The summed E-state index contributed by atoms with van der Waals surface area (Å²) >= 11 is 0. The molecule has 6 heteroatoms. The van der Waals surface area contributed by atoms with E-state index in [4.69, 9.17) is 4.74 Å². The summed E-state index contributed by atoms with van der Waals surface area (Å²) in [4.78, 5) is 32.2. The number of amides is 2. The Labute approximate surface area is 184 Å². The van der Waals surface area contributed by atoms with Gasteiger partial charge in [0.25, 0.3) is 0 Å². The number of ether oxygens (including phenoxy) is 1. The van der Waals surface area contributed by atoms with Crippen LogP contribution < -0.4 is 4.90 Å². The first-order chi connectivity index (χ1) is 15.2. The number of piperidine rings is 1. The lowest BCUT2D eigenvalue weighted by atomic mass is 9.96. The van der Waals surface area contributed by atoms with E-state index in [0.717, 1.165) is 30.6 Å². The molecular formula is C25H31N3O3. The fourth-order valence-electron chi connectivity index (χ4n) is 4.42. The lowest BCUT2D eigenvalue weighted by Gasteiger charge is -2.36. The monoisotopic (exact) mass is 421 g/mol. The molecule has 2 heterocycles. The molecule has 0 aromatic heterocycles. The number of carbonyl (C=O) groups excluding carboxylic acids is 2. The SMILES string of the molecule is O=C(C1CCCN(CC(=O)N(Cc2ccccc2)c2ccccc2)C1)N1CCOCC1. The molecule has 31 heavy (non-hydrogen) atoms. The van der Waals surface area contributed by atoms with Crippen molar-refractivity contribution in [2.24, 2.45) is 5.92 Å². The van der Waals surface area contributed by atoms with Crippen LogP contribution >= 0.6 is 0 Å². The molecule has 0 spiro atoms. The van der Waals surface area contributed by atoms with Crippen LogP contribution in [0.1, 0.15) is 18.4 Å². The first-order valence-electron chi connectivity index (χ1n) is 11.2. The Hall–Kier alpha value is -2.70. The minimum atomic E-state index is -0.0288. The zero-order valence-corrected chi connectivity index (χ0v) is 18.0. The molecule has 2 aromatic rings. The fourth-order valence-corrected chi connectivity index (χ4v) is 4.42. The number of rotatable bonds is 6. The van der Waals surface area contributed by atoms with Gasteiger partial charge < -0.3 is 14.5 Å². The van der Waals surface area contributed by atoms with E-state index >= 15 is 0 Å². The molecule has 2 aromatic carbocycles. The van der Waals surface area contributed by atoms with Crippen LogP contribution in [0, 0.1) is 5.92 Å². The molecule has 2 fully saturated rings. The molecule has 2 aliphatic heterocycles. The topological polar surface area (TPSA) is 53.1 Å². The van der Waals surface area contributed by atoms with Crippen molar-refractivity contribution >= 4 is 17.5 Å². The number of benzene rings is 2. The number of morpholine rings is 1. The van der Waals surface area contributed by atoms with E-state index in [1.54, 1.807) is 0 Å². The van der Waals surface area contributed by atoms with Gasteiger partial charge in [0.15, 0.2) is 0 Å². The molecule has 0 N–H and O–H groups in total. The Morgan fingerprint density at radius 2 is 1.61 bits per heavy atom. The maximum atomic E-state index is 13.4. The summed E-state index contributed by atoms with van der Waals surface area (Å²) in [5, 5.41) is 0. The van der Waals surface area contributed by atoms with Gasteiger partial charge in [0.2, 0.25) is 11.8 Å². The van der Waals surface area contributed by atoms with Gasteiger partial charge in [-0.15, -0.1) is 0 Å². The Bertz CT molecular complexity index is 853. The number of carbonyl (C=O) groups is 2. The van der Waals surface area contributed by atoms with Crippen molar-refractivity contribution in [3.63, 3.8) is 0 Å². The molecule has 1 unspecified atom stereocenters. The third kappa shape index (κ3) is 5.71. The van der Waals surface area contributed by atoms with Crippen molar-refractivity contribution < 1.29 is 14.3 Å². The number of nitrogens with zero attached hydrogens (tertiary/aromatic N) is 3. The van der Waals surface area contributed by atoms with E-state index in [2.05, 4.69) is 4.90 Å². The zero-order valence-electron chi connectivity index (χ0n) is 18.0. The van der Waals surface area contributed by atoms with Crippen LogP contribution in [0.2, 0.25) is 0 Å². The van der Waals surface area contributed by atoms with Gasteiger partial charge in [-0.25, -0.2) is 0 Å². The summed E-state index contributed by atoms with van der Waals surface area (Å²) in [6.45, 7) is 4.95. The normalized spacial score (nSPS) is 19.7. The second kappa shape index (κ2) is 10.6. The molecular weight excluding hydrogens is 390 g/mol. The summed E-state index contributed by atoms with van der Waals surface area (Å²) in [6.07, 6.45) is 1.84. The lowest BCUT2D eigenvalue weighted by Crippen LogP contribution is -2.50. The van der Waals surface area contributed by atoms with Crippen LogP contribution in [0.3, 0.4) is 0 Å². The van der Waals surface area contributed by atoms with Crippen molar-refractivity contribution in [1.82, 2.24) is 9.80 Å². The molecule has 2 aliphatic rings. The predicted octanol–water partition coefficient (Wildman–Crippen LogP) is 2.79. The molecule has 0 aliphatic carbocycles. The van der Waals surface area contributed by atoms with E-state index in [-0.39, 0.29) is 17.7 Å². The van der Waals surface area contributed by atoms with Crippen molar-refractivity contribution in [3.05, 3.63) is 66.2 Å². The molecule has 6 nitrogen and oxygen atoms in total. The van der Waals surface area contributed by atoms with Crippen molar-refractivity contribution in [1.29, 1.82) is 0 Å².